The Hall–Kier alpha value is -1.40. The van der Waals surface area contributed by atoms with Crippen molar-refractivity contribution in [2.45, 2.75) is 33.4 Å². The van der Waals surface area contributed by atoms with Crippen molar-refractivity contribution in [2.75, 3.05) is 19.6 Å². The van der Waals surface area contributed by atoms with Crippen LogP contribution in [0.25, 0.3) is 0 Å². The minimum Gasteiger partial charge on any atom is -0.307 e. The molecular weight excluding hydrogens is 256 g/mol. The van der Waals surface area contributed by atoms with E-state index in [1.165, 1.54) is 17.7 Å². The number of nitrogens with one attached hydrogen (secondary N) is 1. The Balaban J connectivity index is 2.71. The summed E-state index contributed by atoms with van der Waals surface area (Å²) in [5, 5.41) is 3.36. The highest BCUT2D eigenvalue weighted by Gasteiger charge is 2.09. The van der Waals surface area contributed by atoms with Crippen molar-refractivity contribution in [1.29, 1.82) is 0 Å². The molecule has 0 aliphatic rings. The largest absolute Gasteiger partial charge is 0.330 e. The lowest BCUT2D eigenvalue weighted by Crippen LogP contribution is -2.42. The second-order valence-corrected chi connectivity index (χ2v) is 5.14. The number of rotatable bonds is 7. The lowest BCUT2D eigenvalue weighted by atomic mass is 10.2. The lowest BCUT2D eigenvalue weighted by Gasteiger charge is -2.23. The monoisotopic (exact) mass is 282 g/mol. The fourth-order valence-electron chi connectivity index (χ4n) is 2.16. The first-order valence-electron chi connectivity index (χ1n) is 7.12. The van der Waals surface area contributed by atoms with Crippen LogP contribution in [0.5, 0.6) is 0 Å². The van der Waals surface area contributed by atoms with Crippen LogP contribution in [-0.2, 0) is 20.6 Å². The van der Waals surface area contributed by atoms with Crippen molar-refractivity contribution in [3.05, 3.63) is 32.6 Å². The van der Waals surface area contributed by atoms with E-state index in [1.54, 1.807) is 7.05 Å². The summed E-state index contributed by atoms with van der Waals surface area (Å²) >= 11 is 0. The van der Waals surface area contributed by atoms with Gasteiger partial charge >= 0.3 is 5.69 Å². The third kappa shape index (κ3) is 4.05. The SMILES string of the molecule is CCN(CC)CC(C)NCc1cc(=O)n(C)c(=O)n1C. The quantitative estimate of drug-likeness (QED) is 0.759. The Morgan fingerprint density at radius 3 is 2.35 bits per heavy atom. The van der Waals surface area contributed by atoms with E-state index in [0.717, 1.165) is 24.2 Å². The summed E-state index contributed by atoms with van der Waals surface area (Å²) in [7, 11) is 3.18. The molecule has 1 aromatic rings. The fourth-order valence-corrected chi connectivity index (χ4v) is 2.16. The van der Waals surface area contributed by atoms with Gasteiger partial charge in [0.2, 0.25) is 0 Å². The molecular formula is C14H26N4O2. The van der Waals surface area contributed by atoms with Crippen LogP contribution >= 0.6 is 0 Å². The van der Waals surface area contributed by atoms with E-state index in [2.05, 4.69) is 31.0 Å². The average molecular weight is 282 g/mol. The zero-order valence-corrected chi connectivity index (χ0v) is 13.1. The van der Waals surface area contributed by atoms with Gasteiger partial charge in [0.15, 0.2) is 0 Å². The van der Waals surface area contributed by atoms with E-state index in [0.29, 0.717) is 18.3 Å². The van der Waals surface area contributed by atoms with E-state index >= 15 is 0 Å². The van der Waals surface area contributed by atoms with Gasteiger partial charge in [-0.05, 0) is 20.0 Å². The maximum Gasteiger partial charge on any atom is 0.330 e. The van der Waals surface area contributed by atoms with Crippen LogP contribution in [-0.4, -0.2) is 39.7 Å². The summed E-state index contributed by atoms with van der Waals surface area (Å²) in [6.07, 6.45) is 0. The van der Waals surface area contributed by atoms with Crippen molar-refractivity contribution >= 4 is 0 Å². The van der Waals surface area contributed by atoms with Crippen LogP contribution in [0.4, 0.5) is 0 Å². The molecule has 20 heavy (non-hydrogen) atoms. The molecule has 1 atom stereocenters. The maximum atomic E-state index is 11.8. The predicted octanol–water partition coefficient (Wildman–Crippen LogP) is -0.0961. The minimum absolute atomic E-state index is 0.263. The van der Waals surface area contributed by atoms with Gasteiger partial charge in [0, 0.05) is 45.0 Å². The molecule has 1 rings (SSSR count). The maximum absolute atomic E-state index is 11.8. The van der Waals surface area contributed by atoms with E-state index in [-0.39, 0.29) is 11.2 Å². The summed E-state index contributed by atoms with van der Waals surface area (Å²) in [4.78, 5) is 25.8. The Morgan fingerprint density at radius 1 is 1.20 bits per heavy atom. The number of aromatic nitrogens is 2. The fraction of sp³-hybridized carbons (Fsp3) is 0.714. The van der Waals surface area contributed by atoms with Crippen molar-refractivity contribution in [3.63, 3.8) is 0 Å². The molecule has 6 heteroatoms. The van der Waals surface area contributed by atoms with Gasteiger partial charge in [-0.1, -0.05) is 13.8 Å². The van der Waals surface area contributed by atoms with Crippen molar-refractivity contribution in [1.82, 2.24) is 19.4 Å². The molecule has 0 fully saturated rings. The van der Waals surface area contributed by atoms with E-state index in [4.69, 9.17) is 0 Å². The standard InChI is InChI=1S/C14H26N4O2/c1-6-18(7-2)10-11(3)15-9-12-8-13(19)17(5)14(20)16(12)4/h8,11,15H,6-7,9-10H2,1-5H3. The second-order valence-electron chi connectivity index (χ2n) is 5.14. The summed E-state index contributed by atoms with van der Waals surface area (Å²) in [5.41, 5.74) is 0.163. The molecule has 0 amide bonds. The predicted molar refractivity (Wildman–Crippen MR) is 81.0 cm³/mol. The first-order valence-corrected chi connectivity index (χ1v) is 7.12. The van der Waals surface area contributed by atoms with Crippen molar-refractivity contribution in [3.8, 4) is 0 Å². The second kappa shape index (κ2) is 7.40. The van der Waals surface area contributed by atoms with Gasteiger partial charge in [0.1, 0.15) is 0 Å². The molecule has 0 saturated carbocycles. The molecule has 0 aromatic carbocycles. The summed E-state index contributed by atoms with van der Waals surface area (Å²) in [6, 6.07) is 1.81. The normalized spacial score (nSPS) is 12.9. The molecule has 1 heterocycles. The summed E-state index contributed by atoms with van der Waals surface area (Å²) in [5.74, 6) is 0. The number of nitrogens with zero attached hydrogens (tertiary/aromatic N) is 3. The third-order valence-electron chi connectivity index (χ3n) is 3.68. The highest BCUT2D eigenvalue weighted by Crippen LogP contribution is 1.95. The molecule has 114 valence electrons. The molecule has 0 aliphatic heterocycles. The van der Waals surface area contributed by atoms with E-state index in [1.807, 2.05) is 0 Å². The number of likely N-dealkylation sites (N-methyl/N-ethyl adjacent to an activating group) is 1. The first-order chi connectivity index (χ1) is 9.40. The van der Waals surface area contributed by atoms with Crippen LogP contribution in [0.15, 0.2) is 15.7 Å². The Labute approximate surface area is 120 Å². The zero-order chi connectivity index (χ0) is 15.3. The first kappa shape index (κ1) is 16.7. The Kier molecular flexibility index (Phi) is 6.16. The van der Waals surface area contributed by atoms with Crippen molar-refractivity contribution < 1.29 is 0 Å². The Bertz CT molecular complexity index is 543. The summed E-state index contributed by atoms with van der Waals surface area (Å²) in [6.45, 7) is 9.90. The van der Waals surface area contributed by atoms with Gasteiger partial charge in [-0.3, -0.25) is 13.9 Å². The van der Waals surface area contributed by atoms with Gasteiger partial charge in [0.25, 0.3) is 5.56 Å². The molecule has 0 aliphatic carbocycles. The van der Waals surface area contributed by atoms with Gasteiger partial charge in [0.05, 0.1) is 0 Å². The van der Waals surface area contributed by atoms with Crippen LogP contribution in [0, 0.1) is 0 Å². The zero-order valence-electron chi connectivity index (χ0n) is 13.1. The summed E-state index contributed by atoms with van der Waals surface area (Å²) < 4.78 is 2.63. The van der Waals surface area contributed by atoms with E-state index < -0.39 is 0 Å². The highest BCUT2D eigenvalue weighted by atomic mass is 16.2. The molecule has 0 saturated heterocycles. The molecule has 1 aromatic heterocycles. The number of hydrogen-bond acceptors (Lipinski definition) is 4. The Morgan fingerprint density at radius 2 is 1.80 bits per heavy atom. The molecule has 0 spiro atoms. The van der Waals surface area contributed by atoms with Crippen LogP contribution < -0.4 is 16.6 Å². The molecule has 0 bridgehead atoms. The topological polar surface area (TPSA) is 59.3 Å². The molecule has 1 N–H and O–H groups in total. The van der Waals surface area contributed by atoms with Crippen molar-refractivity contribution in [2.24, 2.45) is 14.1 Å². The smallest absolute Gasteiger partial charge is 0.307 e. The van der Waals surface area contributed by atoms with Gasteiger partial charge in [-0.25, -0.2) is 4.79 Å². The minimum atomic E-state index is -0.286. The molecule has 1 unspecified atom stereocenters. The number of hydrogen-bond donors (Lipinski definition) is 1. The van der Waals surface area contributed by atoms with Gasteiger partial charge in [-0.15, -0.1) is 0 Å². The van der Waals surface area contributed by atoms with Crippen LogP contribution in [0.3, 0.4) is 0 Å². The lowest BCUT2D eigenvalue weighted by molar-refractivity contribution is 0.270. The van der Waals surface area contributed by atoms with Crippen LogP contribution in [0.2, 0.25) is 0 Å². The van der Waals surface area contributed by atoms with Gasteiger partial charge < -0.3 is 10.2 Å². The average Bonchev–Trinajstić information content (AvgIpc) is 2.44. The third-order valence-corrected chi connectivity index (χ3v) is 3.68. The van der Waals surface area contributed by atoms with E-state index in [9.17, 15) is 9.59 Å². The molecule has 6 nitrogen and oxygen atoms in total. The molecule has 0 radical (unpaired) electrons. The highest BCUT2D eigenvalue weighted by molar-refractivity contribution is 5.02. The van der Waals surface area contributed by atoms with Crippen LogP contribution in [0.1, 0.15) is 26.5 Å². The van der Waals surface area contributed by atoms with Gasteiger partial charge in [-0.2, -0.15) is 0 Å².